The Morgan fingerprint density at radius 1 is 0.963 bits per heavy atom. The van der Waals surface area contributed by atoms with E-state index in [0.717, 1.165) is 16.8 Å². The van der Waals surface area contributed by atoms with Gasteiger partial charge in [0.1, 0.15) is 11.2 Å². The molecule has 0 amide bonds. The Bertz CT molecular complexity index is 1310. The number of hydrogen-bond acceptors (Lipinski definition) is 5. The van der Waals surface area contributed by atoms with Gasteiger partial charge in [-0.3, -0.25) is 14.8 Å². The van der Waals surface area contributed by atoms with Crippen molar-refractivity contribution < 1.29 is 17.8 Å². The van der Waals surface area contributed by atoms with Gasteiger partial charge < -0.3 is 4.42 Å². The molecule has 7 nitrogen and oxygen atoms in total. The van der Waals surface area contributed by atoms with Crippen LogP contribution in [0.3, 0.4) is 0 Å². The zero-order valence-corrected chi connectivity index (χ0v) is 15.0. The molecule has 3 aromatic carbocycles. The molecule has 1 aromatic heterocycles. The molecule has 0 unspecified atom stereocenters. The zero-order chi connectivity index (χ0) is 19.2. The van der Waals surface area contributed by atoms with Crippen molar-refractivity contribution in [3.63, 3.8) is 0 Å². The summed E-state index contributed by atoms with van der Waals surface area (Å²) in [6, 6.07) is 16.2. The van der Waals surface area contributed by atoms with Gasteiger partial charge in [0.05, 0.1) is 9.82 Å². The third-order valence-electron chi connectivity index (χ3n) is 4.32. The monoisotopic (exact) mass is 382 g/mol. The molecule has 27 heavy (non-hydrogen) atoms. The number of fused-ring (bicyclic) bond motifs is 3. The summed E-state index contributed by atoms with van der Waals surface area (Å²) in [5.41, 5.74) is 1.85. The first-order chi connectivity index (χ1) is 12.8. The quantitative estimate of drug-likeness (QED) is 0.410. The number of furan rings is 1. The summed E-state index contributed by atoms with van der Waals surface area (Å²) >= 11 is 0. The summed E-state index contributed by atoms with van der Waals surface area (Å²) in [5, 5.41) is 12.7. The predicted octanol–water partition coefficient (Wildman–Crippen LogP) is 4.60. The van der Waals surface area contributed by atoms with Gasteiger partial charge in [-0.15, -0.1) is 0 Å². The Morgan fingerprint density at radius 3 is 2.48 bits per heavy atom. The molecule has 1 heterocycles. The number of para-hydroxylation sites is 1. The summed E-state index contributed by atoms with van der Waals surface area (Å²) in [6.45, 7) is 1.56. The molecule has 8 heteroatoms. The van der Waals surface area contributed by atoms with E-state index < -0.39 is 14.9 Å². The van der Waals surface area contributed by atoms with Crippen LogP contribution in [0.15, 0.2) is 70.0 Å². The third-order valence-corrected chi connectivity index (χ3v) is 5.70. The smallest absolute Gasteiger partial charge is 0.273 e. The van der Waals surface area contributed by atoms with E-state index in [4.69, 9.17) is 4.42 Å². The fraction of sp³-hybridized carbons (Fsp3) is 0.0526. The van der Waals surface area contributed by atoms with Crippen LogP contribution in [0, 0.1) is 17.0 Å². The predicted molar refractivity (Wildman–Crippen MR) is 102 cm³/mol. The molecule has 0 radical (unpaired) electrons. The first kappa shape index (κ1) is 17.0. The number of rotatable bonds is 4. The molecule has 0 atom stereocenters. The Hall–Kier alpha value is -3.39. The molecule has 0 fully saturated rings. The van der Waals surface area contributed by atoms with Crippen LogP contribution in [0.2, 0.25) is 0 Å². The number of anilines is 1. The number of nitro groups is 1. The average molecular weight is 382 g/mol. The van der Waals surface area contributed by atoms with E-state index in [1.54, 1.807) is 25.1 Å². The van der Waals surface area contributed by atoms with Crippen LogP contribution in [0.4, 0.5) is 11.4 Å². The fourth-order valence-corrected chi connectivity index (χ4v) is 4.03. The Morgan fingerprint density at radius 2 is 1.70 bits per heavy atom. The maximum absolute atomic E-state index is 12.7. The number of nitrogens with zero attached hydrogens (tertiary/aromatic N) is 1. The van der Waals surface area contributed by atoms with Gasteiger partial charge in [0, 0.05) is 28.1 Å². The topological polar surface area (TPSA) is 102 Å². The van der Waals surface area contributed by atoms with Crippen molar-refractivity contribution in [2.24, 2.45) is 0 Å². The second kappa shape index (κ2) is 6.10. The van der Waals surface area contributed by atoms with Gasteiger partial charge in [0.25, 0.3) is 15.7 Å². The molecule has 0 saturated heterocycles. The van der Waals surface area contributed by atoms with E-state index in [0.29, 0.717) is 22.4 Å². The molecule has 0 saturated carbocycles. The number of hydrogen-bond donors (Lipinski definition) is 1. The number of nitro benzene ring substituents is 1. The van der Waals surface area contributed by atoms with Crippen LogP contribution in [-0.4, -0.2) is 13.3 Å². The van der Waals surface area contributed by atoms with Gasteiger partial charge in [-0.05, 0) is 37.3 Å². The number of sulfonamides is 1. The van der Waals surface area contributed by atoms with Crippen molar-refractivity contribution in [2.75, 3.05) is 4.72 Å². The summed E-state index contributed by atoms with van der Waals surface area (Å²) in [7, 11) is -3.98. The minimum Gasteiger partial charge on any atom is -0.456 e. The average Bonchev–Trinajstić information content (AvgIpc) is 2.99. The van der Waals surface area contributed by atoms with Gasteiger partial charge in [-0.25, -0.2) is 8.42 Å². The Kier molecular flexibility index (Phi) is 3.85. The molecule has 4 aromatic rings. The molecule has 4 rings (SSSR count). The van der Waals surface area contributed by atoms with Gasteiger partial charge in [0.15, 0.2) is 0 Å². The zero-order valence-electron chi connectivity index (χ0n) is 14.2. The second-order valence-corrected chi connectivity index (χ2v) is 7.80. The highest BCUT2D eigenvalue weighted by atomic mass is 32.2. The molecule has 0 spiro atoms. The van der Waals surface area contributed by atoms with E-state index >= 15 is 0 Å². The second-order valence-electron chi connectivity index (χ2n) is 6.12. The lowest BCUT2D eigenvalue weighted by Gasteiger charge is -2.09. The normalized spacial score (nSPS) is 11.7. The van der Waals surface area contributed by atoms with E-state index in [2.05, 4.69) is 4.72 Å². The SMILES string of the molecule is Cc1ccc(S(=O)(=O)Nc2ccc3oc4ccccc4c3c2)cc1[N+](=O)[O-]. The molecular weight excluding hydrogens is 368 g/mol. The first-order valence-corrected chi connectivity index (χ1v) is 9.53. The van der Waals surface area contributed by atoms with Gasteiger partial charge in [0.2, 0.25) is 0 Å². The standard InChI is InChI=1S/C19H14N2O5S/c1-12-6-8-14(11-17(12)21(22)23)27(24,25)20-13-7-9-19-16(10-13)15-4-2-3-5-18(15)26-19/h2-11,20H,1H3. The first-order valence-electron chi connectivity index (χ1n) is 8.04. The van der Waals surface area contributed by atoms with E-state index in [9.17, 15) is 18.5 Å². The molecule has 0 bridgehead atoms. The maximum atomic E-state index is 12.7. The van der Waals surface area contributed by atoms with Crippen molar-refractivity contribution in [2.45, 2.75) is 11.8 Å². The van der Waals surface area contributed by atoms with Crippen LogP contribution in [0.1, 0.15) is 5.56 Å². The third kappa shape index (κ3) is 3.00. The fourth-order valence-electron chi connectivity index (χ4n) is 2.96. The van der Waals surface area contributed by atoms with Gasteiger partial charge in [-0.2, -0.15) is 0 Å². The van der Waals surface area contributed by atoms with Crippen LogP contribution in [0.25, 0.3) is 21.9 Å². The molecule has 1 N–H and O–H groups in total. The Labute approximate surface area is 154 Å². The van der Waals surface area contributed by atoms with Gasteiger partial charge in [-0.1, -0.05) is 24.3 Å². The summed E-state index contributed by atoms with van der Waals surface area (Å²) < 4.78 is 33.5. The Balaban J connectivity index is 1.75. The molecule has 0 aliphatic heterocycles. The van der Waals surface area contributed by atoms with Crippen molar-refractivity contribution in [3.8, 4) is 0 Å². The minimum absolute atomic E-state index is 0.169. The lowest BCUT2D eigenvalue weighted by molar-refractivity contribution is -0.385. The van der Waals surface area contributed by atoms with Crippen LogP contribution >= 0.6 is 0 Å². The van der Waals surface area contributed by atoms with Crippen molar-refractivity contribution in [1.82, 2.24) is 0 Å². The number of aryl methyl sites for hydroxylation is 1. The summed E-state index contributed by atoms with van der Waals surface area (Å²) in [4.78, 5) is 10.3. The summed E-state index contributed by atoms with van der Waals surface area (Å²) in [5.74, 6) is 0. The number of nitrogens with one attached hydrogen (secondary N) is 1. The molecule has 136 valence electrons. The van der Waals surface area contributed by atoms with Crippen molar-refractivity contribution in [1.29, 1.82) is 0 Å². The van der Waals surface area contributed by atoms with E-state index in [-0.39, 0.29) is 10.6 Å². The highest BCUT2D eigenvalue weighted by molar-refractivity contribution is 7.92. The van der Waals surface area contributed by atoms with Crippen molar-refractivity contribution >= 4 is 43.3 Å². The van der Waals surface area contributed by atoms with Crippen LogP contribution < -0.4 is 4.72 Å². The van der Waals surface area contributed by atoms with Crippen LogP contribution in [0.5, 0.6) is 0 Å². The van der Waals surface area contributed by atoms with E-state index in [1.165, 1.54) is 12.1 Å². The molecule has 0 aliphatic rings. The van der Waals surface area contributed by atoms with Crippen LogP contribution in [-0.2, 0) is 10.0 Å². The lowest BCUT2D eigenvalue weighted by atomic mass is 10.1. The minimum atomic E-state index is -3.98. The molecular formula is C19H14N2O5S. The highest BCUT2D eigenvalue weighted by Crippen LogP contribution is 2.31. The largest absolute Gasteiger partial charge is 0.456 e. The highest BCUT2D eigenvalue weighted by Gasteiger charge is 2.20. The van der Waals surface area contributed by atoms with Crippen molar-refractivity contribution in [3.05, 3.63) is 76.3 Å². The van der Waals surface area contributed by atoms with E-state index in [1.807, 2.05) is 24.3 Å². The molecule has 0 aliphatic carbocycles. The maximum Gasteiger partial charge on any atom is 0.273 e. The lowest BCUT2D eigenvalue weighted by Crippen LogP contribution is -2.13. The summed E-state index contributed by atoms with van der Waals surface area (Å²) in [6.07, 6.45) is 0. The van der Waals surface area contributed by atoms with Gasteiger partial charge >= 0.3 is 0 Å². The number of benzene rings is 3.